The topological polar surface area (TPSA) is 39.1 Å². The molecule has 1 N–H and O–H groups in total. The third-order valence-electron chi connectivity index (χ3n) is 2.96. The zero-order valence-corrected chi connectivity index (χ0v) is 9.98. The van der Waals surface area contributed by atoms with Crippen LogP contribution in [0.15, 0.2) is 12.4 Å². The van der Waals surface area contributed by atoms with Crippen LogP contribution in [0.3, 0.4) is 0 Å². The molecule has 4 nitrogen and oxygen atoms in total. The van der Waals surface area contributed by atoms with Crippen molar-refractivity contribution in [2.45, 2.75) is 26.3 Å². The molecule has 0 bridgehead atoms. The summed E-state index contributed by atoms with van der Waals surface area (Å²) in [6.45, 7) is 7.11. The highest BCUT2D eigenvalue weighted by Gasteiger charge is 2.14. The van der Waals surface area contributed by atoms with E-state index in [0.29, 0.717) is 0 Å². The van der Waals surface area contributed by atoms with Gasteiger partial charge in [0, 0.05) is 25.9 Å². The molecule has 1 unspecified atom stereocenters. The average Bonchev–Trinajstić information content (AvgIpc) is 2.89. The molecule has 0 aromatic carbocycles. The van der Waals surface area contributed by atoms with E-state index in [1.807, 2.05) is 10.9 Å². The summed E-state index contributed by atoms with van der Waals surface area (Å²) in [4.78, 5) is 0. The van der Waals surface area contributed by atoms with Crippen molar-refractivity contribution in [3.8, 4) is 0 Å². The molecule has 2 rings (SSSR count). The Morgan fingerprint density at radius 1 is 1.62 bits per heavy atom. The fourth-order valence-corrected chi connectivity index (χ4v) is 2.01. The Hall–Kier alpha value is -0.870. The molecule has 16 heavy (non-hydrogen) atoms. The third-order valence-corrected chi connectivity index (χ3v) is 2.96. The van der Waals surface area contributed by atoms with Crippen molar-refractivity contribution in [1.29, 1.82) is 0 Å². The Kier molecular flexibility index (Phi) is 4.36. The summed E-state index contributed by atoms with van der Waals surface area (Å²) in [7, 11) is 0. The maximum Gasteiger partial charge on any atom is 0.0518 e. The summed E-state index contributed by atoms with van der Waals surface area (Å²) in [5, 5.41) is 7.74. The van der Waals surface area contributed by atoms with Gasteiger partial charge in [-0.2, -0.15) is 5.10 Å². The summed E-state index contributed by atoms with van der Waals surface area (Å²) in [6.07, 6.45) is 6.34. The maximum absolute atomic E-state index is 5.33. The van der Waals surface area contributed by atoms with Crippen LogP contribution < -0.4 is 5.32 Å². The quantitative estimate of drug-likeness (QED) is 0.737. The lowest BCUT2D eigenvalue weighted by Gasteiger charge is -2.09. The molecule has 0 spiro atoms. The molecule has 0 amide bonds. The third kappa shape index (κ3) is 3.61. The number of aromatic nitrogens is 2. The van der Waals surface area contributed by atoms with Crippen LogP contribution in [-0.4, -0.2) is 36.1 Å². The van der Waals surface area contributed by atoms with Crippen molar-refractivity contribution in [2.24, 2.45) is 5.92 Å². The van der Waals surface area contributed by atoms with Gasteiger partial charge in [0.1, 0.15) is 0 Å². The zero-order valence-electron chi connectivity index (χ0n) is 9.98. The summed E-state index contributed by atoms with van der Waals surface area (Å²) in [6, 6.07) is 0. The summed E-state index contributed by atoms with van der Waals surface area (Å²) in [5.41, 5.74) is 1.23. The molecule has 0 saturated carbocycles. The first-order valence-corrected chi connectivity index (χ1v) is 6.12. The van der Waals surface area contributed by atoms with Crippen molar-refractivity contribution in [1.82, 2.24) is 15.1 Å². The SMILES string of the molecule is Cc1cnn(CCCNCC2CCOC2)c1. The van der Waals surface area contributed by atoms with Crippen LogP contribution in [0.2, 0.25) is 0 Å². The molecule has 1 aliphatic rings. The fourth-order valence-electron chi connectivity index (χ4n) is 2.01. The van der Waals surface area contributed by atoms with E-state index >= 15 is 0 Å². The van der Waals surface area contributed by atoms with Crippen molar-refractivity contribution < 1.29 is 4.74 Å². The number of nitrogens with one attached hydrogen (secondary N) is 1. The lowest BCUT2D eigenvalue weighted by atomic mass is 10.1. The van der Waals surface area contributed by atoms with Gasteiger partial charge in [-0.3, -0.25) is 4.68 Å². The molecule has 0 aliphatic carbocycles. The summed E-state index contributed by atoms with van der Waals surface area (Å²) < 4.78 is 7.34. The fraction of sp³-hybridized carbons (Fsp3) is 0.750. The monoisotopic (exact) mass is 223 g/mol. The number of aryl methyl sites for hydroxylation is 2. The van der Waals surface area contributed by atoms with E-state index in [1.165, 1.54) is 12.0 Å². The number of nitrogens with zero attached hydrogens (tertiary/aromatic N) is 2. The minimum Gasteiger partial charge on any atom is -0.381 e. The van der Waals surface area contributed by atoms with Crippen LogP contribution >= 0.6 is 0 Å². The van der Waals surface area contributed by atoms with Crippen LogP contribution in [0.5, 0.6) is 0 Å². The van der Waals surface area contributed by atoms with Gasteiger partial charge in [0.25, 0.3) is 0 Å². The van der Waals surface area contributed by atoms with E-state index in [2.05, 4.69) is 23.5 Å². The van der Waals surface area contributed by atoms with E-state index in [1.54, 1.807) is 0 Å². The highest BCUT2D eigenvalue weighted by Crippen LogP contribution is 2.10. The lowest BCUT2D eigenvalue weighted by Crippen LogP contribution is -2.24. The predicted octanol–water partition coefficient (Wildman–Crippen LogP) is 1.21. The first kappa shape index (κ1) is 11.6. The highest BCUT2D eigenvalue weighted by molar-refractivity contribution is 4.99. The second-order valence-corrected chi connectivity index (χ2v) is 4.57. The number of rotatable bonds is 6. The largest absolute Gasteiger partial charge is 0.381 e. The molecule has 1 atom stereocenters. The lowest BCUT2D eigenvalue weighted by molar-refractivity contribution is 0.185. The molecule has 1 saturated heterocycles. The molecule has 1 aromatic rings. The second-order valence-electron chi connectivity index (χ2n) is 4.57. The number of hydrogen-bond acceptors (Lipinski definition) is 3. The van der Waals surface area contributed by atoms with E-state index in [-0.39, 0.29) is 0 Å². The minimum absolute atomic E-state index is 0.729. The maximum atomic E-state index is 5.33. The van der Waals surface area contributed by atoms with Gasteiger partial charge in [-0.15, -0.1) is 0 Å². The van der Waals surface area contributed by atoms with Gasteiger partial charge >= 0.3 is 0 Å². The Bertz CT molecular complexity index is 305. The number of hydrogen-bond donors (Lipinski definition) is 1. The van der Waals surface area contributed by atoms with Gasteiger partial charge < -0.3 is 10.1 Å². The normalized spacial score (nSPS) is 20.4. The standard InChI is InChI=1S/C12H21N3O/c1-11-7-14-15(9-11)5-2-4-13-8-12-3-6-16-10-12/h7,9,12-13H,2-6,8,10H2,1H3. The van der Waals surface area contributed by atoms with Crippen LogP contribution in [0.25, 0.3) is 0 Å². The molecule has 4 heteroatoms. The van der Waals surface area contributed by atoms with Crippen LogP contribution in [0.4, 0.5) is 0 Å². The molecule has 1 fully saturated rings. The first-order valence-electron chi connectivity index (χ1n) is 6.12. The Balaban J connectivity index is 1.51. The van der Waals surface area contributed by atoms with Crippen molar-refractivity contribution in [3.63, 3.8) is 0 Å². The molecular weight excluding hydrogens is 202 g/mol. The Morgan fingerprint density at radius 3 is 3.25 bits per heavy atom. The molecule has 0 radical (unpaired) electrons. The zero-order chi connectivity index (χ0) is 11.2. The Morgan fingerprint density at radius 2 is 2.56 bits per heavy atom. The van der Waals surface area contributed by atoms with Gasteiger partial charge in [-0.25, -0.2) is 0 Å². The first-order chi connectivity index (χ1) is 7.84. The van der Waals surface area contributed by atoms with Gasteiger partial charge in [-0.05, 0) is 37.8 Å². The van der Waals surface area contributed by atoms with E-state index in [9.17, 15) is 0 Å². The highest BCUT2D eigenvalue weighted by atomic mass is 16.5. The number of ether oxygens (including phenoxy) is 1. The molecular formula is C12H21N3O. The summed E-state index contributed by atoms with van der Waals surface area (Å²) >= 11 is 0. The van der Waals surface area contributed by atoms with Crippen LogP contribution in [0, 0.1) is 12.8 Å². The van der Waals surface area contributed by atoms with Crippen molar-refractivity contribution in [2.75, 3.05) is 26.3 Å². The van der Waals surface area contributed by atoms with E-state index in [4.69, 9.17) is 4.74 Å². The Labute approximate surface area is 97.0 Å². The summed E-state index contributed by atoms with van der Waals surface area (Å²) in [5.74, 6) is 0.729. The van der Waals surface area contributed by atoms with Gasteiger partial charge in [0.15, 0.2) is 0 Å². The smallest absolute Gasteiger partial charge is 0.0518 e. The minimum atomic E-state index is 0.729. The van der Waals surface area contributed by atoms with Crippen molar-refractivity contribution >= 4 is 0 Å². The predicted molar refractivity (Wildman–Crippen MR) is 63.4 cm³/mol. The van der Waals surface area contributed by atoms with Gasteiger partial charge in [0.05, 0.1) is 12.8 Å². The molecule has 2 heterocycles. The second kappa shape index (κ2) is 6.01. The van der Waals surface area contributed by atoms with E-state index < -0.39 is 0 Å². The van der Waals surface area contributed by atoms with Crippen LogP contribution in [-0.2, 0) is 11.3 Å². The van der Waals surface area contributed by atoms with Crippen LogP contribution in [0.1, 0.15) is 18.4 Å². The van der Waals surface area contributed by atoms with Gasteiger partial charge in [0.2, 0.25) is 0 Å². The average molecular weight is 223 g/mol. The molecule has 1 aromatic heterocycles. The van der Waals surface area contributed by atoms with E-state index in [0.717, 1.165) is 45.2 Å². The van der Waals surface area contributed by atoms with Crippen molar-refractivity contribution in [3.05, 3.63) is 18.0 Å². The molecule has 90 valence electrons. The van der Waals surface area contributed by atoms with Gasteiger partial charge in [-0.1, -0.05) is 0 Å². The molecule has 1 aliphatic heterocycles.